The van der Waals surface area contributed by atoms with Gasteiger partial charge in [-0.05, 0) is 0 Å². The topological polar surface area (TPSA) is 92.5 Å². The molecular formula is C4H14Cl2N2O2. The van der Waals surface area contributed by atoms with E-state index >= 15 is 0 Å². The Labute approximate surface area is 72.4 Å². The molecule has 0 fully saturated rings. The summed E-state index contributed by atoms with van der Waals surface area (Å²) in [6, 6.07) is 0. The van der Waals surface area contributed by atoms with Gasteiger partial charge in [0.25, 0.3) is 0 Å². The molecule has 0 spiro atoms. The second-order valence-electron chi connectivity index (χ2n) is 1.61. The quantitative estimate of drug-likeness (QED) is 0.437. The van der Waals surface area contributed by atoms with Crippen molar-refractivity contribution in [3.05, 3.63) is 0 Å². The summed E-state index contributed by atoms with van der Waals surface area (Å²) in [4.78, 5) is 0. The van der Waals surface area contributed by atoms with Crippen LogP contribution in [-0.4, -0.2) is 35.5 Å². The Morgan fingerprint density at radius 2 is 1.10 bits per heavy atom. The Morgan fingerprint density at radius 1 is 0.900 bits per heavy atom. The Balaban J connectivity index is -0.000000245. The van der Waals surface area contributed by atoms with Crippen molar-refractivity contribution in [1.29, 1.82) is 0 Å². The van der Waals surface area contributed by atoms with Crippen molar-refractivity contribution in [3.63, 3.8) is 0 Å². The highest BCUT2D eigenvalue weighted by molar-refractivity contribution is 5.85. The molecule has 0 aliphatic rings. The standard InChI is InChI=1S/C4H12N2O2.2ClH/c5-1-3(7)4(8)2-6;;/h3-4,7-8H,1-2,5-6H2;2*1H/t3-,4+;;. The molecule has 66 valence electrons. The van der Waals surface area contributed by atoms with Crippen molar-refractivity contribution in [1.82, 2.24) is 0 Å². The fourth-order valence-corrected chi connectivity index (χ4v) is 0.314. The van der Waals surface area contributed by atoms with Gasteiger partial charge in [-0.25, -0.2) is 0 Å². The van der Waals surface area contributed by atoms with E-state index in [1.165, 1.54) is 0 Å². The molecule has 0 saturated heterocycles. The van der Waals surface area contributed by atoms with Crippen molar-refractivity contribution in [2.24, 2.45) is 11.5 Å². The van der Waals surface area contributed by atoms with Crippen LogP contribution in [0.15, 0.2) is 0 Å². The van der Waals surface area contributed by atoms with Crippen LogP contribution in [0.2, 0.25) is 0 Å². The molecule has 6 N–H and O–H groups in total. The van der Waals surface area contributed by atoms with E-state index in [0.717, 1.165) is 0 Å². The lowest BCUT2D eigenvalue weighted by molar-refractivity contribution is 0.0312. The highest BCUT2D eigenvalue weighted by atomic mass is 35.5. The Kier molecular flexibility index (Phi) is 15.8. The largest absolute Gasteiger partial charge is 0.389 e. The average molecular weight is 193 g/mol. The molecule has 10 heavy (non-hydrogen) atoms. The predicted molar refractivity (Wildman–Crippen MR) is 44.6 cm³/mol. The van der Waals surface area contributed by atoms with Gasteiger partial charge in [-0.1, -0.05) is 0 Å². The van der Waals surface area contributed by atoms with Crippen molar-refractivity contribution >= 4 is 24.8 Å². The molecule has 0 aliphatic heterocycles. The van der Waals surface area contributed by atoms with Gasteiger partial charge in [0.1, 0.15) is 0 Å². The minimum absolute atomic E-state index is 0. The van der Waals surface area contributed by atoms with Gasteiger partial charge in [0, 0.05) is 13.1 Å². The molecule has 0 bridgehead atoms. The van der Waals surface area contributed by atoms with Gasteiger partial charge in [0.05, 0.1) is 12.2 Å². The first kappa shape index (κ1) is 16.8. The van der Waals surface area contributed by atoms with Crippen LogP contribution in [0.3, 0.4) is 0 Å². The van der Waals surface area contributed by atoms with E-state index in [9.17, 15) is 0 Å². The molecule has 0 heterocycles. The Hall–Kier alpha value is 0.420. The molecule has 0 aromatic heterocycles. The number of hydrogen-bond donors (Lipinski definition) is 4. The van der Waals surface area contributed by atoms with Crippen LogP contribution < -0.4 is 11.5 Å². The van der Waals surface area contributed by atoms with E-state index in [1.807, 2.05) is 0 Å². The lowest BCUT2D eigenvalue weighted by Gasteiger charge is -2.12. The molecule has 2 atom stereocenters. The Morgan fingerprint density at radius 3 is 1.20 bits per heavy atom. The third-order valence-corrected chi connectivity index (χ3v) is 0.927. The van der Waals surface area contributed by atoms with Gasteiger partial charge in [0.15, 0.2) is 0 Å². The number of nitrogens with two attached hydrogens (primary N) is 2. The van der Waals surface area contributed by atoms with Gasteiger partial charge in [-0.3, -0.25) is 0 Å². The fraction of sp³-hybridized carbons (Fsp3) is 1.00. The first-order valence-corrected chi connectivity index (χ1v) is 2.48. The number of hydrogen-bond acceptors (Lipinski definition) is 4. The molecule has 0 aromatic rings. The minimum Gasteiger partial charge on any atom is -0.389 e. The zero-order valence-corrected chi connectivity index (χ0v) is 7.07. The first-order valence-electron chi connectivity index (χ1n) is 2.48. The van der Waals surface area contributed by atoms with Crippen molar-refractivity contribution in [2.75, 3.05) is 13.1 Å². The van der Waals surface area contributed by atoms with Crippen LogP contribution in [0.4, 0.5) is 0 Å². The maximum Gasteiger partial charge on any atom is 0.0933 e. The van der Waals surface area contributed by atoms with Gasteiger partial charge >= 0.3 is 0 Å². The van der Waals surface area contributed by atoms with E-state index in [0.29, 0.717) is 0 Å². The first-order chi connectivity index (χ1) is 3.72. The van der Waals surface area contributed by atoms with Gasteiger partial charge in [-0.15, -0.1) is 24.8 Å². The van der Waals surface area contributed by atoms with Crippen molar-refractivity contribution in [2.45, 2.75) is 12.2 Å². The van der Waals surface area contributed by atoms with Crippen LogP contribution in [0, 0.1) is 0 Å². The number of rotatable bonds is 3. The molecular weight excluding hydrogens is 179 g/mol. The highest BCUT2D eigenvalue weighted by Gasteiger charge is 2.10. The average Bonchev–Trinajstić information content (AvgIpc) is 1.84. The molecule has 0 amide bonds. The maximum atomic E-state index is 8.67. The second-order valence-corrected chi connectivity index (χ2v) is 1.61. The molecule has 0 aliphatic carbocycles. The van der Waals surface area contributed by atoms with Gasteiger partial charge < -0.3 is 21.7 Å². The molecule has 0 saturated carbocycles. The van der Waals surface area contributed by atoms with Gasteiger partial charge in [0.2, 0.25) is 0 Å². The van der Waals surface area contributed by atoms with Crippen LogP contribution in [0.5, 0.6) is 0 Å². The van der Waals surface area contributed by atoms with E-state index in [-0.39, 0.29) is 37.9 Å². The number of halogens is 2. The van der Waals surface area contributed by atoms with Crippen LogP contribution in [0.1, 0.15) is 0 Å². The summed E-state index contributed by atoms with van der Waals surface area (Å²) in [6.45, 7) is 0.108. The number of aliphatic hydroxyl groups is 2. The summed E-state index contributed by atoms with van der Waals surface area (Å²) in [5.41, 5.74) is 9.97. The molecule has 0 unspecified atom stereocenters. The maximum absolute atomic E-state index is 8.67. The zero-order chi connectivity index (χ0) is 6.57. The summed E-state index contributed by atoms with van der Waals surface area (Å²) in [7, 11) is 0. The number of aliphatic hydroxyl groups excluding tert-OH is 2. The third-order valence-electron chi connectivity index (χ3n) is 0.927. The van der Waals surface area contributed by atoms with Gasteiger partial charge in [-0.2, -0.15) is 0 Å². The summed E-state index contributed by atoms with van der Waals surface area (Å²) < 4.78 is 0. The molecule has 0 rings (SSSR count). The van der Waals surface area contributed by atoms with Crippen molar-refractivity contribution in [3.8, 4) is 0 Å². The molecule has 0 radical (unpaired) electrons. The van der Waals surface area contributed by atoms with E-state index in [1.54, 1.807) is 0 Å². The summed E-state index contributed by atoms with van der Waals surface area (Å²) in [5, 5.41) is 17.3. The Bertz CT molecular complexity index is 59.2. The van der Waals surface area contributed by atoms with E-state index in [2.05, 4.69) is 0 Å². The summed E-state index contributed by atoms with van der Waals surface area (Å²) >= 11 is 0. The molecule has 0 aromatic carbocycles. The molecule has 4 nitrogen and oxygen atoms in total. The van der Waals surface area contributed by atoms with E-state index in [4.69, 9.17) is 21.7 Å². The summed E-state index contributed by atoms with van der Waals surface area (Å²) in [6.07, 6.45) is -1.75. The smallest absolute Gasteiger partial charge is 0.0933 e. The van der Waals surface area contributed by atoms with Crippen molar-refractivity contribution < 1.29 is 10.2 Å². The lowest BCUT2D eigenvalue weighted by Crippen LogP contribution is -2.38. The van der Waals surface area contributed by atoms with Crippen LogP contribution >= 0.6 is 24.8 Å². The van der Waals surface area contributed by atoms with E-state index < -0.39 is 12.2 Å². The zero-order valence-electron chi connectivity index (χ0n) is 5.43. The van der Waals surface area contributed by atoms with Crippen LogP contribution in [0.25, 0.3) is 0 Å². The highest BCUT2D eigenvalue weighted by Crippen LogP contribution is 1.85. The monoisotopic (exact) mass is 192 g/mol. The minimum atomic E-state index is -0.875. The normalized spacial score (nSPS) is 14.4. The molecule has 6 heteroatoms. The fourth-order valence-electron chi connectivity index (χ4n) is 0.314. The van der Waals surface area contributed by atoms with Crippen LogP contribution in [-0.2, 0) is 0 Å². The third kappa shape index (κ3) is 6.54. The lowest BCUT2D eigenvalue weighted by atomic mass is 10.2. The second kappa shape index (κ2) is 9.42. The summed E-state index contributed by atoms with van der Waals surface area (Å²) in [5.74, 6) is 0. The predicted octanol–water partition coefficient (Wildman–Crippen LogP) is -1.53. The SMILES string of the molecule is Cl.Cl.NC[C@@H](O)[C@@H](O)CN.